The van der Waals surface area contributed by atoms with Crippen LogP contribution in [0.4, 0.5) is 8.78 Å². The molecular formula is C25H22F2N2O2. The molecule has 0 aliphatic carbocycles. The molecule has 1 aliphatic heterocycles. The summed E-state index contributed by atoms with van der Waals surface area (Å²) in [5.41, 5.74) is 3.98. The van der Waals surface area contributed by atoms with Crippen LogP contribution in [0, 0.1) is 18.6 Å². The Hall–Kier alpha value is -3.54. The molecular weight excluding hydrogens is 398 g/mol. The summed E-state index contributed by atoms with van der Waals surface area (Å²) in [7, 11) is 0. The van der Waals surface area contributed by atoms with Crippen LogP contribution in [0.5, 0.6) is 0 Å². The van der Waals surface area contributed by atoms with Crippen LogP contribution in [-0.4, -0.2) is 29.2 Å². The number of aryl methyl sites for hydroxylation is 1. The van der Waals surface area contributed by atoms with Gasteiger partial charge in [-0.15, -0.1) is 0 Å². The van der Waals surface area contributed by atoms with Crippen molar-refractivity contribution in [3.05, 3.63) is 107 Å². The molecule has 4 nitrogen and oxygen atoms in total. The molecule has 1 heterocycles. The standard InChI is InChI=1S/C25H22F2N2O2/c1-17-5-2-3-8-23(17)24-14-22(31-28-24)16-29(15-18-9-11-20(26)12-10-18)25(30)19-6-4-7-21(27)13-19/h2-13,22H,14-16H2,1H3/t22-/m0/s1. The lowest BCUT2D eigenvalue weighted by molar-refractivity contribution is 0.0405. The zero-order valence-electron chi connectivity index (χ0n) is 17.1. The van der Waals surface area contributed by atoms with E-state index >= 15 is 0 Å². The SMILES string of the molecule is Cc1ccccc1C1=NO[C@H](CN(Cc2ccc(F)cc2)C(=O)c2cccc(F)c2)C1. The van der Waals surface area contributed by atoms with E-state index in [-0.39, 0.29) is 36.5 Å². The van der Waals surface area contributed by atoms with Crippen LogP contribution in [0.15, 0.2) is 78.0 Å². The lowest BCUT2D eigenvalue weighted by Crippen LogP contribution is -2.37. The van der Waals surface area contributed by atoms with Gasteiger partial charge in [0.1, 0.15) is 11.6 Å². The second-order valence-corrected chi connectivity index (χ2v) is 7.61. The van der Waals surface area contributed by atoms with Gasteiger partial charge in [0.15, 0.2) is 6.10 Å². The largest absolute Gasteiger partial charge is 0.390 e. The van der Waals surface area contributed by atoms with E-state index in [1.54, 1.807) is 23.1 Å². The van der Waals surface area contributed by atoms with Gasteiger partial charge in [0.2, 0.25) is 0 Å². The van der Waals surface area contributed by atoms with Crippen molar-refractivity contribution in [3.63, 3.8) is 0 Å². The fourth-order valence-corrected chi connectivity index (χ4v) is 3.66. The predicted octanol–water partition coefficient (Wildman–Crippen LogP) is 5.11. The van der Waals surface area contributed by atoms with Crippen LogP contribution in [0.2, 0.25) is 0 Å². The maximum Gasteiger partial charge on any atom is 0.254 e. The number of halogens is 2. The van der Waals surface area contributed by atoms with E-state index in [4.69, 9.17) is 4.84 Å². The molecule has 0 aromatic heterocycles. The summed E-state index contributed by atoms with van der Waals surface area (Å²) in [5.74, 6) is -1.14. The first-order valence-corrected chi connectivity index (χ1v) is 10.1. The minimum absolute atomic E-state index is 0.245. The van der Waals surface area contributed by atoms with Crippen LogP contribution in [0.1, 0.15) is 33.5 Å². The van der Waals surface area contributed by atoms with Crippen molar-refractivity contribution in [2.24, 2.45) is 5.16 Å². The number of nitrogens with zero attached hydrogens (tertiary/aromatic N) is 2. The van der Waals surface area contributed by atoms with E-state index in [0.717, 1.165) is 22.4 Å². The highest BCUT2D eigenvalue weighted by Gasteiger charge is 2.28. The third-order valence-corrected chi connectivity index (χ3v) is 5.26. The van der Waals surface area contributed by atoms with Crippen molar-refractivity contribution < 1.29 is 18.4 Å². The maximum atomic E-state index is 13.7. The molecule has 0 saturated heterocycles. The van der Waals surface area contributed by atoms with Crippen molar-refractivity contribution in [2.45, 2.75) is 26.0 Å². The molecule has 4 rings (SSSR count). The summed E-state index contributed by atoms with van der Waals surface area (Å²) in [6.45, 7) is 2.53. The van der Waals surface area contributed by atoms with E-state index in [1.165, 1.54) is 30.3 Å². The molecule has 0 bridgehead atoms. The third-order valence-electron chi connectivity index (χ3n) is 5.26. The molecule has 0 spiro atoms. The van der Waals surface area contributed by atoms with Crippen LogP contribution >= 0.6 is 0 Å². The molecule has 31 heavy (non-hydrogen) atoms. The van der Waals surface area contributed by atoms with E-state index in [0.29, 0.717) is 6.42 Å². The van der Waals surface area contributed by atoms with Gasteiger partial charge < -0.3 is 9.74 Å². The van der Waals surface area contributed by atoms with Gasteiger partial charge in [-0.25, -0.2) is 8.78 Å². The number of benzene rings is 3. The molecule has 158 valence electrons. The van der Waals surface area contributed by atoms with Crippen molar-refractivity contribution in [1.82, 2.24) is 4.90 Å². The van der Waals surface area contributed by atoms with Gasteiger partial charge in [-0.05, 0) is 48.4 Å². The summed E-state index contributed by atoms with van der Waals surface area (Å²) in [6.07, 6.45) is 0.230. The monoisotopic (exact) mass is 420 g/mol. The summed E-state index contributed by atoms with van der Waals surface area (Å²) < 4.78 is 27.0. The van der Waals surface area contributed by atoms with E-state index in [1.807, 2.05) is 31.2 Å². The number of amides is 1. The fraction of sp³-hybridized carbons (Fsp3) is 0.200. The molecule has 1 aliphatic rings. The fourth-order valence-electron chi connectivity index (χ4n) is 3.66. The van der Waals surface area contributed by atoms with Crippen LogP contribution in [0.25, 0.3) is 0 Å². The lowest BCUT2D eigenvalue weighted by atomic mass is 10.00. The van der Waals surface area contributed by atoms with Gasteiger partial charge in [0, 0.05) is 24.1 Å². The van der Waals surface area contributed by atoms with Crippen LogP contribution in [-0.2, 0) is 11.4 Å². The first kappa shape index (κ1) is 20.7. The van der Waals surface area contributed by atoms with Crippen LogP contribution in [0.3, 0.4) is 0 Å². The Morgan fingerprint density at radius 1 is 1.03 bits per heavy atom. The van der Waals surface area contributed by atoms with Gasteiger partial charge in [-0.1, -0.05) is 47.6 Å². The number of hydrogen-bond acceptors (Lipinski definition) is 3. The molecule has 0 saturated carbocycles. The highest BCUT2D eigenvalue weighted by molar-refractivity contribution is 6.02. The molecule has 3 aromatic carbocycles. The minimum Gasteiger partial charge on any atom is -0.390 e. The molecule has 0 unspecified atom stereocenters. The van der Waals surface area contributed by atoms with Crippen molar-refractivity contribution in [3.8, 4) is 0 Å². The maximum absolute atomic E-state index is 13.7. The van der Waals surface area contributed by atoms with Gasteiger partial charge in [0.25, 0.3) is 5.91 Å². The average molecular weight is 420 g/mol. The molecule has 3 aromatic rings. The Bertz CT molecular complexity index is 1110. The lowest BCUT2D eigenvalue weighted by Gasteiger charge is -2.25. The first-order valence-electron chi connectivity index (χ1n) is 10.1. The number of hydrogen-bond donors (Lipinski definition) is 0. The highest BCUT2D eigenvalue weighted by Crippen LogP contribution is 2.22. The van der Waals surface area contributed by atoms with Gasteiger partial charge >= 0.3 is 0 Å². The summed E-state index contributed by atoms with van der Waals surface area (Å²) >= 11 is 0. The van der Waals surface area contributed by atoms with Gasteiger partial charge in [-0.2, -0.15) is 0 Å². The summed E-state index contributed by atoms with van der Waals surface area (Å²) in [6, 6.07) is 19.5. The topological polar surface area (TPSA) is 41.9 Å². The number of carbonyl (C=O) groups excluding carboxylic acids is 1. The molecule has 0 N–H and O–H groups in total. The molecule has 1 atom stereocenters. The van der Waals surface area contributed by atoms with E-state index in [2.05, 4.69) is 5.16 Å². The van der Waals surface area contributed by atoms with Gasteiger partial charge in [-0.3, -0.25) is 4.79 Å². The van der Waals surface area contributed by atoms with Gasteiger partial charge in [0.05, 0.1) is 12.3 Å². The highest BCUT2D eigenvalue weighted by atomic mass is 19.1. The zero-order valence-corrected chi connectivity index (χ0v) is 17.1. The molecule has 6 heteroatoms. The van der Waals surface area contributed by atoms with Crippen LogP contribution < -0.4 is 0 Å². The minimum atomic E-state index is -0.477. The second-order valence-electron chi connectivity index (χ2n) is 7.61. The van der Waals surface area contributed by atoms with Crippen molar-refractivity contribution >= 4 is 11.6 Å². The number of rotatable bonds is 6. The quantitative estimate of drug-likeness (QED) is 0.556. The smallest absolute Gasteiger partial charge is 0.254 e. The third kappa shape index (κ3) is 4.97. The average Bonchev–Trinajstić information content (AvgIpc) is 3.23. The first-order chi connectivity index (χ1) is 15.0. The van der Waals surface area contributed by atoms with E-state index in [9.17, 15) is 13.6 Å². The van der Waals surface area contributed by atoms with Crippen molar-refractivity contribution in [2.75, 3.05) is 6.54 Å². The van der Waals surface area contributed by atoms with E-state index < -0.39 is 5.82 Å². The summed E-state index contributed by atoms with van der Waals surface area (Å²) in [5, 5.41) is 4.24. The molecule has 0 fully saturated rings. The Balaban J connectivity index is 1.52. The molecule has 0 radical (unpaired) electrons. The Kier molecular flexibility index (Phi) is 6.07. The predicted molar refractivity (Wildman–Crippen MR) is 115 cm³/mol. The number of carbonyl (C=O) groups is 1. The zero-order chi connectivity index (χ0) is 21.8. The number of oxime groups is 1. The summed E-state index contributed by atoms with van der Waals surface area (Å²) in [4.78, 5) is 20.4. The second kappa shape index (κ2) is 9.08. The normalized spacial score (nSPS) is 15.3. The Morgan fingerprint density at radius 2 is 1.81 bits per heavy atom. The Labute approximate surface area is 179 Å². The van der Waals surface area contributed by atoms with Crippen molar-refractivity contribution in [1.29, 1.82) is 0 Å². The molecule has 1 amide bonds. The Morgan fingerprint density at radius 3 is 2.55 bits per heavy atom.